The second-order valence-electron chi connectivity index (χ2n) is 4.66. The Labute approximate surface area is 124 Å². The smallest absolute Gasteiger partial charge is 0.137 e. The Kier molecular flexibility index (Phi) is 4.99. The Hall–Kier alpha value is -1.58. The second-order valence-corrected chi connectivity index (χ2v) is 5.07. The Morgan fingerprint density at radius 3 is 2.90 bits per heavy atom. The van der Waals surface area contributed by atoms with Gasteiger partial charge in [-0.2, -0.15) is 0 Å². The molecule has 0 saturated heterocycles. The molecule has 0 aliphatic heterocycles. The van der Waals surface area contributed by atoms with Gasteiger partial charge >= 0.3 is 0 Å². The number of ether oxygens (including phenoxy) is 1. The molecular formula is C16H18ClNO2. The van der Waals surface area contributed by atoms with Crippen molar-refractivity contribution in [3.63, 3.8) is 0 Å². The molecule has 20 heavy (non-hydrogen) atoms. The maximum absolute atomic E-state index is 10.5. The topological polar surface area (TPSA) is 42.4 Å². The summed E-state index contributed by atoms with van der Waals surface area (Å²) in [4.78, 5) is 4.12. The summed E-state index contributed by atoms with van der Waals surface area (Å²) in [6.45, 7) is 4.57. The lowest BCUT2D eigenvalue weighted by atomic mass is 9.98. The van der Waals surface area contributed by atoms with E-state index in [0.717, 1.165) is 17.5 Å². The normalized spacial score (nSPS) is 12.2. The van der Waals surface area contributed by atoms with Crippen molar-refractivity contribution in [2.24, 2.45) is 0 Å². The molecule has 0 aliphatic rings. The van der Waals surface area contributed by atoms with E-state index >= 15 is 0 Å². The van der Waals surface area contributed by atoms with Crippen molar-refractivity contribution >= 4 is 11.6 Å². The number of halogens is 1. The first-order valence-electron chi connectivity index (χ1n) is 6.64. The third-order valence-electron chi connectivity index (χ3n) is 3.13. The molecule has 106 valence electrons. The third-order valence-corrected chi connectivity index (χ3v) is 3.54. The average molecular weight is 292 g/mol. The van der Waals surface area contributed by atoms with E-state index in [-0.39, 0.29) is 0 Å². The Morgan fingerprint density at radius 2 is 2.15 bits per heavy atom. The number of hydrogen-bond acceptors (Lipinski definition) is 3. The van der Waals surface area contributed by atoms with Gasteiger partial charge in [-0.25, -0.2) is 0 Å². The van der Waals surface area contributed by atoms with E-state index in [1.54, 1.807) is 12.4 Å². The minimum absolute atomic E-state index is 0.636. The highest BCUT2D eigenvalue weighted by Gasteiger charge is 2.15. The largest absolute Gasteiger partial charge is 0.492 e. The summed E-state index contributed by atoms with van der Waals surface area (Å²) >= 11 is 6.09. The van der Waals surface area contributed by atoms with Gasteiger partial charge in [0.05, 0.1) is 12.8 Å². The van der Waals surface area contributed by atoms with Crippen LogP contribution in [0.5, 0.6) is 5.75 Å². The predicted octanol–water partition coefficient (Wildman–Crippen LogP) is 3.91. The van der Waals surface area contributed by atoms with E-state index in [9.17, 15) is 5.11 Å². The van der Waals surface area contributed by atoms with Crippen molar-refractivity contribution in [1.29, 1.82) is 0 Å². The summed E-state index contributed by atoms with van der Waals surface area (Å²) in [5, 5.41) is 11.1. The number of nitrogens with zero attached hydrogens (tertiary/aromatic N) is 1. The molecule has 0 bridgehead atoms. The number of hydrogen-bond donors (Lipinski definition) is 1. The molecule has 1 atom stereocenters. The van der Waals surface area contributed by atoms with Crippen LogP contribution in [-0.2, 0) is 0 Å². The molecule has 1 N–H and O–H groups in total. The zero-order valence-corrected chi connectivity index (χ0v) is 12.4. The van der Waals surface area contributed by atoms with E-state index in [1.807, 2.05) is 38.1 Å². The number of benzene rings is 1. The molecule has 0 aliphatic carbocycles. The van der Waals surface area contributed by atoms with Gasteiger partial charge in [0, 0.05) is 16.8 Å². The van der Waals surface area contributed by atoms with Gasteiger partial charge in [0.2, 0.25) is 0 Å². The molecule has 2 rings (SSSR count). The molecule has 1 aromatic carbocycles. The zero-order valence-electron chi connectivity index (χ0n) is 11.6. The molecule has 0 amide bonds. The van der Waals surface area contributed by atoms with Crippen LogP contribution >= 0.6 is 11.6 Å². The molecule has 0 fully saturated rings. The van der Waals surface area contributed by atoms with Gasteiger partial charge in [0.25, 0.3) is 0 Å². The summed E-state index contributed by atoms with van der Waals surface area (Å²) < 4.78 is 5.54. The summed E-state index contributed by atoms with van der Waals surface area (Å²) in [7, 11) is 0. The molecule has 1 unspecified atom stereocenters. The van der Waals surface area contributed by atoms with E-state index in [4.69, 9.17) is 16.3 Å². The Morgan fingerprint density at radius 1 is 1.35 bits per heavy atom. The fraction of sp³-hybridized carbons (Fsp3) is 0.312. The van der Waals surface area contributed by atoms with Crippen LogP contribution in [0.2, 0.25) is 5.02 Å². The monoisotopic (exact) mass is 291 g/mol. The molecule has 4 heteroatoms. The van der Waals surface area contributed by atoms with Crippen molar-refractivity contribution in [2.45, 2.75) is 26.4 Å². The summed E-state index contributed by atoms with van der Waals surface area (Å²) in [6.07, 6.45) is 3.46. The number of aliphatic hydroxyl groups is 1. The molecule has 2 aromatic rings. The summed E-state index contributed by atoms with van der Waals surface area (Å²) in [6, 6.07) is 7.32. The van der Waals surface area contributed by atoms with E-state index in [0.29, 0.717) is 22.9 Å². The van der Waals surface area contributed by atoms with Crippen LogP contribution in [0.15, 0.2) is 36.7 Å². The first-order valence-corrected chi connectivity index (χ1v) is 7.02. The van der Waals surface area contributed by atoms with Gasteiger partial charge < -0.3 is 9.84 Å². The Bertz CT molecular complexity index is 586. The molecule has 0 saturated carbocycles. The molecule has 1 heterocycles. The fourth-order valence-corrected chi connectivity index (χ4v) is 2.17. The van der Waals surface area contributed by atoms with E-state index < -0.39 is 6.10 Å². The van der Waals surface area contributed by atoms with E-state index in [1.165, 1.54) is 0 Å². The lowest BCUT2D eigenvalue weighted by molar-refractivity contribution is 0.218. The predicted molar refractivity (Wildman–Crippen MR) is 80.3 cm³/mol. The van der Waals surface area contributed by atoms with Crippen molar-refractivity contribution in [3.8, 4) is 5.75 Å². The number of aromatic nitrogens is 1. The zero-order chi connectivity index (χ0) is 14.5. The van der Waals surface area contributed by atoms with Crippen LogP contribution in [0.25, 0.3) is 0 Å². The second kappa shape index (κ2) is 6.73. The van der Waals surface area contributed by atoms with E-state index in [2.05, 4.69) is 4.98 Å². The maximum atomic E-state index is 10.5. The highest BCUT2D eigenvalue weighted by molar-refractivity contribution is 6.31. The van der Waals surface area contributed by atoms with Gasteiger partial charge in [0.1, 0.15) is 11.9 Å². The fourth-order valence-electron chi connectivity index (χ4n) is 1.98. The van der Waals surface area contributed by atoms with Gasteiger partial charge in [-0.1, -0.05) is 30.7 Å². The first-order chi connectivity index (χ1) is 9.63. The van der Waals surface area contributed by atoms with Crippen LogP contribution in [0.4, 0.5) is 0 Å². The van der Waals surface area contributed by atoms with Gasteiger partial charge in [0.15, 0.2) is 0 Å². The Balaban J connectivity index is 2.28. The number of pyridine rings is 1. The molecule has 0 spiro atoms. The number of rotatable bonds is 5. The SMILES string of the molecule is CCCOc1cncc(C(O)c2cccc(Cl)c2C)c1. The number of aliphatic hydroxyl groups excluding tert-OH is 1. The molecule has 1 aromatic heterocycles. The standard InChI is InChI=1S/C16H18ClNO2/c1-3-7-20-13-8-12(9-18-10-13)16(19)14-5-4-6-15(17)11(14)2/h4-6,8-10,16,19H,3,7H2,1-2H3. The average Bonchev–Trinajstić information content (AvgIpc) is 2.47. The molecular weight excluding hydrogens is 274 g/mol. The van der Waals surface area contributed by atoms with Crippen LogP contribution in [0.3, 0.4) is 0 Å². The third kappa shape index (κ3) is 3.30. The highest BCUT2D eigenvalue weighted by atomic mass is 35.5. The molecule has 0 radical (unpaired) electrons. The van der Waals surface area contributed by atoms with Crippen LogP contribution in [0.1, 0.15) is 36.1 Å². The first kappa shape index (κ1) is 14.8. The van der Waals surface area contributed by atoms with Crippen molar-refractivity contribution in [3.05, 3.63) is 58.4 Å². The molecule has 3 nitrogen and oxygen atoms in total. The van der Waals surface area contributed by atoms with Crippen molar-refractivity contribution < 1.29 is 9.84 Å². The minimum atomic E-state index is -0.758. The van der Waals surface area contributed by atoms with Crippen molar-refractivity contribution in [1.82, 2.24) is 4.98 Å². The van der Waals surface area contributed by atoms with Gasteiger partial charge in [-0.15, -0.1) is 0 Å². The summed E-state index contributed by atoms with van der Waals surface area (Å²) in [5.74, 6) is 0.670. The maximum Gasteiger partial charge on any atom is 0.137 e. The quantitative estimate of drug-likeness (QED) is 0.908. The van der Waals surface area contributed by atoms with Crippen LogP contribution in [-0.4, -0.2) is 16.7 Å². The van der Waals surface area contributed by atoms with Gasteiger partial charge in [-0.05, 0) is 36.6 Å². The lowest BCUT2D eigenvalue weighted by Crippen LogP contribution is -2.04. The van der Waals surface area contributed by atoms with Gasteiger partial charge in [-0.3, -0.25) is 4.98 Å². The summed E-state index contributed by atoms with van der Waals surface area (Å²) in [5.41, 5.74) is 2.36. The van der Waals surface area contributed by atoms with Crippen LogP contribution < -0.4 is 4.74 Å². The minimum Gasteiger partial charge on any atom is -0.492 e. The van der Waals surface area contributed by atoms with Crippen molar-refractivity contribution in [2.75, 3.05) is 6.61 Å². The lowest BCUT2D eigenvalue weighted by Gasteiger charge is -2.15. The van der Waals surface area contributed by atoms with Crippen LogP contribution in [0, 0.1) is 6.92 Å². The highest BCUT2D eigenvalue weighted by Crippen LogP contribution is 2.29.